The molecule has 1 unspecified atom stereocenters. The molecule has 4 nitrogen and oxygen atoms in total. The number of benzene rings is 1. The van der Waals surface area contributed by atoms with Crippen LogP contribution < -0.4 is 5.09 Å². The first kappa shape index (κ1) is 22.7. The Morgan fingerprint density at radius 1 is 1.17 bits per heavy atom. The van der Waals surface area contributed by atoms with E-state index in [0.29, 0.717) is 0 Å². The summed E-state index contributed by atoms with van der Waals surface area (Å²) in [6, 6.07) is 7.87. The number of rotatable bonds is 3. The molecule has 0 fully saturated rings. The molecule has 102 valence electrons. The zero-order valence-corrected chi connectivity index (χ0v) is 13.4. The van der Waals surface area contributed by atoms with Crippen LogP contribution in [-0.2, 0) is 9.84 Å². The number of nitrogens with zero attached hydrogens (tertiary/aromatic N) is 1. The Morgan fingerprint density at radius 2 is 1.67 bits per heavy atom. The molecule has 0 radical (unpaired) electrons. The predicted octanol–water partition coefficient (Wildman–Crippen LogP) is 2.96. The van der Waals surface area contributed by atoms with Crippen molar-refractivity contribution in [3.63, 3.8) is 0 Å². The van der Waals surface area contributed by atoms with E-state index in [1.54, 1.807) is 18.2 Å². The van der Waals surface area contributed by atoms with Gasteiger partial charge in [0, 0.05) is 17.2 Å². The summed E-state index contributed by atoms with van der Waals surface area (Å²) in [5, 5.41) is 11.9. The lowest BCUT2D eigenvalue weighted by Crippen LogP contribution is -1.95. The van der Waals surface area contributed by atoms with E-state index in [-0.39, 0.29) is 42.1 Å². The number of sulfone groups is 1. The number of nitrogens with one attached hydrogen (secondary N) is 1. The van der Waals surface area contributed by atoms with E-state index in [9.17, 15) is 8.42 Å². The van der Waals surface area contributed by atoms with Crippen LogP contribution in [0.25, 0.3) is 0 Å². The molecule has 1 aromatic rings. The summed E-state index contributed by atoms with van der Waals surface area (Å²) in [6.45, 7) is 0. The van der Waals surface area contributed by atoms with Crippen molar-refractivity contribution in [1.82, 2.24) is 0 Å². The van der Waals surface area contributed by atoms with Crippen LogP contribution in [0, 0.1) is 11.3 Å². The van der Waals surface area contributed by atoms with Crippen molar-refractivity contribution in [1.29, 1.82) is 5.26 Å². The van der Waals surface area contributed by atoms with E-state index in [2.05, 4.69) is 14.5 Å². The minimum absolute atomic E-state index is 0. The molecule has 0 aliphatic heterocycles. The van der Waals surface area contributed by atoms with Gasteiger partial charge < -0.3 is 5.09 Å². The van der Waals surface area contributed by atoms with Gasteiger partial charge in [0.05, 0.1) is 11.0 Å². The standard InChI is InChI=1S/C9H9N2O2PS.3ClH/c10-6-1-7-15(12,13)9-4-2-8(11-14)3-5-9;;;/h1-5,7,11H,14H2;3*1H. The van der Waals surface area contributed by atoms with Gasteiger partial charge in [0.25, 0.3) is 0 Å². The SMILES string of the molecule is Cl.Cl.Cl.N#CC=CS(=O)(=O)c1ccc(NP)cc1. The quantitative estimate of drug-likeness (QED) is 0.673. The number of anilines is 1. The average Bonchev–Trinajstić information content (AvgIpc) is 2.26. The van der Waals surface area contributed by atoms with Gasteiger partial charge in [0.1, 0.15) is 0 Å². The molecule has 0 aromatic heterocycles. The molecular formula is C9H12Cl3N2O2PS. The third kappa shape index (κ3) is 6.44. The summed E-state index contributed by atoms with van der Waals surface area (Å²) in [6.07, 6.45) is 0.942. The Morgan fingerprint density at radius 3 is 2.06 bits per heavy atom. The van der Waals surface area contributed by atoms with Crippen molar-refractivity contribution < 1.29 is 8.42 Å². The summed E-state index contributed by atoms with van der Waals surface area (Å²) in [4.78, 5) is 0.165. The molecule has 0 spiro atoms. The van der Waals surface area contributed by atoms with Crippen molar-refractivity contribution in [2.24, 2.45) is 0 Å². The number of allylic oxidation sites excluding steroid dienone is 1. The molecule has 0 aliphatic rings. The second kappa shape index (κ2) is 10.4. The Kier molecular flexibility index (Phi) is 13.1. The highest BCUT2D eigenvalue weighted by atomic mass is 35.5. The lowest BCUT2D eigenvalue weighted by Gasteiger charge is -2.01. The van der Waals surface area contributed by atoms with Crippen LogP contribution in [0.1, 0.15) is 0 Å². The smallest absolute Gasteiger partial charge is 0.200 e. The maximum Gasteiger partial charge on any atom is 0.200 e. The molecule has 0 heterocycles. The van der Waals surface area contributed by atoms with Crippen LogP contribution in [0.15, 0.2) is 40.6 Å². The topological polar surface area (TPSA) is 70.0 Å². The van der Waals surface area contributed by atoms with Crippen molar-refractivity contribution >= 4 is 62.1 Å². The molecule has 1 rings (SSSR count). The number of nitriles is 1. The van der Waals surface area contributed by atoms with E-state index in [4.69, 9.17) is 5.26 Å². The molecule has 1 atom stereocenters. The van der Waals surface area contributed by atoms with E-state index >= 15 is 0 Å². The molecule has 1 aromatic carbocycles. The normalized spacial score (nSPS) is 9.33. The van der Waals surface area contributed by atoms with Crippen LogP contribution >= 0.6 is 46.6 Å². The molecule has 18 heavy (non-hydrogen) atoms. The van der Waals surface area contributed by atoms with Gasteiger partial charge in [0.2, 0.25) is 9.84 Å². The maximum absolute atomic E-state index is 11.5. The Balaban J connectivity index is -0.000000750. The Hall–Kier alpha value is -0.500. The first-order valence-corrected chi connectivity index (χ1v) is 6.10. The van der Waals surface area contributed by atoms with Gasteiger partial charge in [-0.2, -0.15) is 5.26 Å². The van der Waals surface area contributed by atoms with Gasteiger partial charge in [-0.05, 0) is 33.7 Å². The fourth-order valence-electron chi connectivity index (χ4n) is 0.939. The number of hydrogen-bond acceptors (Lipinski definition) is 4. The summed E-state index contributed by atoms with van der Waals surface area (Å²) in [5.41, 5.74) is 0.795. The molecule has 0 bridgehead atoms. The third-order valence-corrected chi connectivity index (χ3v) is 3.43. The van der Waals surface area contributed by atoms with Gasteiger partial charge in [-0.1, -0.05) is 0 Å². The van der Waals surface area contributed by atoms with Crippen molar-refractivity contribution in [2.45, 2.75) is 4.90 Å². The van der Waals surface area contributed by atoms with E-state index in [0.717, 1.165) is 17.2 Å². The summed E-state index contributed by atoms with van der Waals surface area (Å²) in [5.74, 6) is 0. The van der Waals surface area contributed by atoms with E-state index < -0.39 is 9.84 Å². The fraction of sp³-hybridized carbons (Fsp3) is 0. The molecule has 0 saturated carbocycles. The van der Waals surface area contributed by atoms with Crippen LogP contribution in [0.2, 0.25) is 0 Å². The van der Waals surface area contributed by atoms with Crippen LogP contribution in [-0.4, -0.2) is 8.42 Å². The van der Waals surface area contributed by atoms with Gasteiger partial charge in [0.15, 0.2) is 0 Å². The Bertz CT molecular complexity index is 512. The number of halogens is 3. The molecule has 9 heteroatoms. The highest BCUT2D eigenvalue weighted by molar-refractivity contribution is 7.94. The number of hydrogen-bond donors (Lipinski definition) is 1. The summed E-state index contributed by atoms with van der Waals surface area (Å²) in [7, 11) is -1.17. The highest BCUT2D eigenvalue weighted by Crippen LogP contribution is 2.16. The second-order valence-electron chi connectivity index (χ2n) is 2.65. The lowest BCUT2D eigenvalue weighted by atomic mass is 10.3. The van der Waals surface area contributed by atoms with Crippen molar-refractivity contribution in [2.75, 3.05) is 5.09 Å². The maximum atomic E-state index is 11.5. The van der Waals surface area contributed by atoms with Gasteiger partial charge in [-0.25, -0.2) is 8.42 Å². The van der Waals surface area contributed by atoms with E-state index in [1.807, 2.05) is 0 Å². The molecule has 0 saturated heterocycles. The second-order valence-corrected chi connectivity index (χ2v) is 4.77. The van der Waals surface area contributed by atoms with E-state index in [1.165, 1.54) is 12.1 Å². The predicted molar refractivity (Wildman–Crippen MR) is 83.5 cm³/mol. The van der Waals surface area contributed by atoms with Crippen molar-refractivity contribution in [3.05, 3.63) is 35.7 Å². The largest absolute Gasteiger partial charge is 0.369 e. The zero-order chi connectivity index (χ0) is 11.3. The van der Waals surface area contributed by atoms with Crippen LogP contribution in [0.4, 0.5) is 5.69 Å². The fourth-order valence-corrected chi connectivity index (χ4v) is 2.04. The zero-order valence-electron chi connectivity index (χ0n) is 8.94. The third-order valence-electron chi connectivity index (χ3n) is 1.67. The van der Waals surface area contributed by atoms with Crippen LogP contribution in [0.3, 0.4) is 0 Å². The minimum Gasteiger partial charge on any atom is -0.369 e. The monoisotopic (exact) mass is 348 g/mol. The van der Waals surface area contributed by atoms with Gasteiger partial charge >= 0.3 is 0 Å². The Labute approximate surface area is 127 Å². The summed E-state index contributed by atoms with van der Waals surface area (Å²) < 4.78 is 23.1. The van der Waals surface area contributed by atoms with Crippen molar-refractivity contribution in [3.8, 4) is 6.07 Å². The van der Waals surface area contributed by atoms with Crippen LogP contribution in [0.5, 0.6) is 0 Å². The highest BCUT2D eigenvalue weighted by Gasteiger charge is 2.09. The lowest BCUT2D eigenvalue weighted by molar-refractivity contribution is 0.604. The molecular weight excluding hydrogens is 338 g/mol. The molecule has 0 aliphatic carbocycles. The summed E-state index contributed by atoms with van der Waals surface area (Å²) >= 11 is 0. The average molecular weight is 350 g/mol. The minimum atomic E-state index is -3.49. The molecule has 1 N–H and O–H groups in total. The first-order chi connectivity index (χ1) is 7.10. The molecule has 0 amide bonds. The van der Waals surface area contributed by atoms with Gasteiger partial charge in [-0.3, -0.25) is 0 Å². The van der Waals surface area contributed by atoms with Gasteiger partial charge in [-0.15, -0.1) is 37.2 Å². The first-order valence-electron chi connectivity index (χ1n) is 3.98.